The summed E-state index contributed by atoms with van der Waals surface area (Å²) in [4.78, 5) is 4.75. The number of halogens is 3. The highest BCUT2D eigenvalue weighted by Crippen LogP contribution is 2.44. The Labute approximate surface area is 176 Å². The molecule has 0 saturated heterocycles. The van der Waals surface area contributed by atoms with E-state index in [2.05, 4.69) is 0 Å². The summed E-state index contributed by atoms with van der Waals surface area (Å²) in [7, 11) is 0. The fourth-order valence-electron chi connectivity index (χ4n) is 4.01. The molecular weight excluding hydrogens is 403 g/mol. The number of fused-ring (bicyclic) bond motifs is 3. The topological polar surface area (TPSA) is 53.4 Å². The largest absolute Gasteiger partial charge is 0.508 e. The lowest BCUT2D eigenvalue weighted by atomic mass is 9.96. The summed E-state index contributed by atoms with van der Waals surface area (Å²) in [5, 5.41) is 19.9. The van der Waals surface area contributed by atoms with Crippen LogP contribution >= 0.6 is 0 Å². The normalized spacial score (nSPS) is 12.5. The number of pyridine rings is 1. The Morgan fingerprint density at radius 2 is 1.48 bits per heavy atom. The van der Waals surface area contributed by atoms with Gasteiger partial charge in [-0.25, -0.2) is 4.98 Å². The zero-order valence-electron chi connectivity index (χ0n) is 16.1. The highest BCUT2D eigenvalue weighted by molar-refractivity contribution is 5.86. The first-order valence-electron chi connectivity index (χ1n) is 9.63. The molecule has 2 N–H and O–H groups in total. The van der Waals surface area contributed by atoms with Gasteiger partial charge in [-0.15, -0.1) is 0 Å². The summed E-state index contributed by atoms with van der Waals surface area (Å²) >= 11 is 0. The predicted molar refractivity (Wildman–Crippen MR) is 112 cm³/mol. The molecule has 0 aliphatic heterocycles. The van der Waals surface area contributed by atoms with Crippen LogP contribution in [0.1, 0.15) is 16.7 Å². The molecule has 0 saturated carbocycles. The summed E-state index contributed by atoms with van der Waals surface area (Å²) in [5.41, 5.74) is 5.39. The lowest BCUT2D eigenvalue weighted by molar-refractivity contribution is -0.137. The molecule has 0 unspecified atom stereocenters. The maximum absolute atomic E-state index is 13.0. The van der Waals surface area contributed by atoms with Gasteiger partial charge < -0.3 is 10.2 Å². The Kier molecular flexibility index (Phi) is 4.25. The van der Waals surface area contributed by atoms with E-state index in [-0.39, 0.29) is 11.5 Å². The Hall–Kier alpha value is -3.80. The molecule has 31 heavy (non-hydrogen) atoms. The van der Waals surface area contributed by atoms with Crippen molar-refractivity contribution >= 4 is 0 Å². The molecule has 0 atom stereocenters. The first kappa shape index (κ1) is 19.2. The molecule has 0 spiro atoms. The minimum Gasteiger partial charge on any atom is -0.508 e. The van der Waals surface area contributed by atoms with E-state index in [0.29, 0.717) is 23.4 Å². The van der Waals surface area contributed by atoms with Crippen LogP contribution in [0.4, 0.5) is 13.2 Å². The van der Waals surface area contributed by atoms with Crippen LogP contribution in [0, 0.1) is 0 Å². The highest BCUT2D eigenvalue weighted by Gasteiger charge is 2.30. The third kappa shape index (κ3) is 3.40. The summed E-state index contributed by atoms with van der Waals surface area (Å²) in [6.07, 6.45) is -3.80. The molecule has 1 aliphatic rings. The van der Waals surface area contributed by atoms with Crippen molar-refractivity contribution in [3.63, 3.8) is 0 Å². The molecule has 1 aromatic heterocycles. The van der Waals surface area contributed by atoms with Crippen LogP contribution < -0.4 is 0 Å². The van der Waals surface area contributed by atoms with E-state index in [4.69, 9.17) is 4.98 Å². The molecular formula is C25H16F3NO2. The van der Waals surface area contributed by atoms with Gasteiger partial charge in [0.1, 0.15) is 11.5 Å². The van der Waals surface area contributed by atoms with Crippen LogP contribution in [-0.4, -0.2) is 15.2 Å². The first-order valence-corrected chi connectivity index (χ1v) is 9.63. The number of alkyl halides is 3. The molecule has 0 amide bonds. The van der Waals surface area contributed by atoms with Gasteiger partial charge in [-0.3, -0.25) is 0 Å². The molecule has 1 aliphatic carbocycles. The van der Waals surface area contributed by atoms with Crippen molar-refractivity contribution in [1.82, 2.24) is 4.98 Å². The van der Waals surface area contributed by atoms with Crippen LogP contribution in [0.15, 0.2) is 72.8 Å². The molecule has 0 radical (unpaired) electrons. The van der Waals surface area contributed by atoms with Gasteiger partial charge in [-0.1, -0.05) is 30.3 Å². The first-order chi connectivity index (χ1) is 14.8. The quantitative estimate of drug-likeness (QED) is 0.347. The fourth-order valence-corrected chi connectivity index (χ4v) is 4.01. The van der Waals surface area contributed by atoms with Crippen LogP contribution in [-0.2, 0) is 12.6 Å². The summed E-state index contributed by atoms with van der Waals surface area (Å²) in [6, 6.07) is 18.7. The van der Waals surface area contributed by atoms with Crippen molar-refractivity contribution in [3.8, 4) is 45.1 Å². The van der Waals surface area contributed by atoms with Crippen LogP contribution in [0.25, 0.3) is 33.6 Å². The van der Waals surface area contributed by atoms with E-state index in [1.807, 2.05) is 18.2 Å². The van der Waals surface area contributed by atoms with Gasteiger partial charge in [0.25, 0.3) is 0 Å². The molecule has 3 aromatic carbocycles. The third-order valence-corrected chi connectivity index (χ3v) is 5.51. The SMILES string of the molecule is Oc1cccc(-c2cc(-c3ccc(C(F)(F)F)cc3)nc3c2Cc2ccc(O)cc2-3)c1. The number of benzene rings is 3. The summed E-state index contributed by atoms with van der Waals surface area (Å²) < 4.78 is 38.9. The number of phenols is 2. The van der Waals surface area contributed by atoms with Crippen LogP contribution in [0.3, 0.4) is 0 Å². The van der Waals surface area contributed by atoms with E-state index >= 15 is 0 Å². The van der Waals surface area contributed by atoms with Gasteiger partial charge >= 0.3 is 6.18 Å². The predicted octanol–water partition coefficient (Wildman–Crippen LogP) is 6.42. The van der Waals surface area contributed by atoms with E-state index < -0.39 is 11.7 Å². The molecule has 6 heteroatoms. The van der Waals surface area contributed by atoms with E-state index in [1.165, 1.54) is 12.1 Å². The molecule has 5 rings (SSSR count). The van der Waals surface area contributed by atoms with Gasteiger partial charge in [0.15, 0.2) is 0 Å². The number of phenolic OH excluding ortho intramolecular Hbond substituents is 2. The lowest BCUT2D eigenvalue weighted by Crippen LogP contribution is -2.04. The number of hydrogen-bond donors (Lipinski definition) is 2. The molecule has 4 aromatic rings. The van der Waals surface area contributed by atoms with Gasteiger partial charge in [0.2, 0.25) is 0 Å². The van der Waals surface area contributed by atoms with Crippen molar-refractivity contribution in [2.75, 3.05) is 0 Å². The van der Waals surface area contributed by atoms with Gasteiger partial charge in [-0.2, -0.15) is 13.2 Å². The van der Waals surface area contributed by atoms with Crippen molar-refractivity contribution in [2.45, 2.75) is 12.6 Å². The third-order valence-electron chi connectivity index (χ3n) is 5.51. The van der Waals surface area contributed by atoms with Crippen molar-refractivity contribution in [1.29, 1.82) is 0 Å². The number of aromatic nitrogens is 1. The van der Waals surface area contributed by atoms with Gasteiger partial charge in [0, 0.05) is 17.5 Å². The van der Waals surface area contributed by atoms with E-state index in [9.17, 15) is 23.4 Å². The number of aromatic hydroxyl groups is 2. The molecule has 1 heterocycles. The molecule has 0 fully saturated rings. The van der Waals surface area contributed by atoms with Crippen molar-refractivity contribution in [3.05, 3.63) is 89.5 Å². The second-order valence-electron chi connectivity index (χ2n) is 7.53. The second-order valence-corrected chi connectivity index (χ2v) is 7.53. The lowest BCUT2D eigenvalue weighted by Gasteiger charge is -2.13. The standard InChI is InChI=1S/C25H16F3NO2/c26-25(27,28)17-7-4-14(5-8-17)23-13-20(15-2-1-3-18(30)10-15)22-11-16-6-9-19(31)12-21(16)24(22)29-23/h1-10,12-13,30-31H,11H2. The molecule has 0 bridgehead atoms. The van der Waals surface area contributed by atoms with Crippen LogP contribution in [0.5, 0.6) is 11.5 Å². The average molecular weight is 419 g/mol. The smallest absolute Gasteiger partial charge is 0.416 e. The summed E-state index contributed by atoms with van der Waals surface area (Å²) in [5.74, 6) is 0.236. The highest BCUT2D eigenvalue weighted by atomic mass is 19.4. The van der Waals surface area contributed by atoms with Crippen molar-refractivity contribution in [2.24, 2.45) is 0 Å². The maximum Gasteiger partial charge on any atom is 0.416 e. The minimum atomic E-state index is -4.41. The monoisotopic (exact) mass is 419 g/mol. The van der Waals surface area contributed by atoms with Gasteiger partial charge in [-0.05, 0) is 64.7 Å². The molecule has 3 nitrogen and oxygen atoms in total. The number of rotatable bonds is 2. The number of hydrogen-bond acceptors (Lipinski definition) is 3. The Morgan fingerprint density at radius 3 is 2.19 bits per heavy atom. The fraction of sp³-hybridized carbons (Fsp3) is 0.0800. The maximum atomic E-state index is 13.0. The molecule has 154 valence electrons. The number of nitrogens with zero attached hydrogens (tertiary/aromatic N) is 1. The Balaban J connectivity index is 1.72. The average Bonchev–Trinajstić information content (AvgIpc) is 3.10. The second kappa shape index (κ2) is 6.87. The minimum absolute atomic E-state index is 0.118. The summed E-state index contributed by atoms with van der Waals surface area (Å²) in [6.45, 7) is 0. The van der Waals surface area contributed by atoms with Crippen molar-refractivity contribution < 1.29 is 23.4 Å². The van der Waals surface area contributed by atoms with Gasteiger partial charge in [0.05, 0.1) is 17.0 Å². The van der Waals surface area contributed by atoms with Crippen LogP contribution in [0.2, 0.25) is 0 Å². The zero-order chi connectivity index (χ0) is 21.8. The zero-order valence-corrected chi connectivity index (χ0v) is 16.1. The van der Waals surface area contributed by atoms with E-state index in [1.54, 1.807) is 30.3 Å². The Bertz CT molecular complexity index is 1310. The van der Waals surface area contributed by atoms with E-state index in [0.717, 1.165) is 39.9 Å². The Morgan fingerprint density at radius 1 is 0.742 bits per heavy atom.